The molecule has 0 radical (unpaired) electrons. The zero-order chi connectivity index (χ0) is 19.4. The molecule has 9 heteroatoms. The number of rotatable bonds is 3. The minimum atomic E-state index is -0.499. The number of carbonyl (C=O) groups excluding carboxylic acids is 1. The van der Waals surface area contributed by atoms with E-state index in [0.717, 1.165) is 25.3 Å². The first kappa shape index (κ1) is 17.1. The van der Waals surface area contributed by atoms with Crippen molar-refractivity contribution < 1.29 is 9.18 Å². The van der Waals surface area contributed by atoms with Crippen molar-refractivity contribution in [2.75, 3.05) is 30.4 Å². The summed E-state index contributed by atoms with van der Waals surface area (Å²) in [4.78, 5) is 29.8. The van der Waals surface area contributed by atoms with Crippen LogP contribution < -0.4 is 10.2 Å². The lowest BCUT2D eigenvalue weighted by molar-refractivity contribution is 0.102. The number of aryl methyl sites for hydroxylation is 1. The molecule has 1 amide bonds. The van der Waals surface area contributed by atoms with Crippen LogP contribution in [0, 0.1) is 12.7 Å². The average Bonchev–Trinajstić information content (AvgIpc) is 3.15. The van der Waals surface area contributed by atoms with E-state index in [0.29, 0.717) is 23.5 Å². The highest BCUT2D eigenvalue weighted by atomic mass is 19.1. The van der Waals surface area contributed by atoms with Gasteiger partial charge in [-0.1, -0.05) is 0 Å². The number of likely N-dealkylation sites (N-methyl/N-ethyl adjacent to an activating group) is 1. The third-order valence-electron chi connectivity index (χ3n) is 5.62. The number of nitrogens with one attached hydrogen (secondary N) is 1. The topological polar surface area (TPSA) is 78.7 Å². The lowest BCUT2D eigenvalue weighted by atomic mass is 9.97. The maximum atomic E-state index is 14.2. The Morgan fingerprint density at radius 2 is 2.11 bits per heavy atom. The Morgan fingerprint density at radius 1 is 1.25 bits per heavy atom. The van der Waals surface area contributed by atoms with E-state index in [-0.39, 0.29) is 11.3 Å². The van der Waals surface area contributed by atoms with E-state index in [1.807, 2.05) is 0 Å². The van der Waals surface area contributed by atoms with Crippen molar-refractivity contribution in [2.24, 2.45) is 0 Å². The molecule has 2 saturated heterocycles. The third kappa shape index (κ3) is 2.70. The summed E-state index contributed by atoms with van der Waals surface area (Å²) in [6, 6.07) is 2.31. The van der Waals surface area contributed by atoms with Crippen LogP contribution in [0.25, 0.3) is 5.65 Å². The lowest BCUT2D eigenvalue weighted by Crippen LogP contribution is -2.61. The van der Waals surface area contributed by atoms with Crippen molar-refractivity contribution in [1.29, 1.82) is 0 Å². The van der Waals surface area contributed by atoms with Crippen molar-refractivity contribution in [3.8, 4) is 0 Å². The number of amides is 1. The van der Waals surface area contributed by atoms with Crippen LogP contribution in [0.1, 0.15) is 22.6 Å². The molecule has 0 saturated carbocycles. The van der Waals surface area contributed by atoms with E-state index in [2.05, 4.69) is 37.1 Å². The van der Waals surface area contributed by atoms with E-state index < -0.39 is 11.7 Å². The molecular weight excluding hydrogens is 361 g/mol. The van der Waals surface area contributed by atoms with Crippen LogP contribution in [0.4, 0.5) is 15.9 Å². The van der Waals surface area contributed by atoms with Crippen molar-refractivity contribution in [3.63, 3.8) is 0 Å². The second-order valence-electron chi connectivity index (χ2n) is 7.46. The van der Waals surface area contributed by atoms with E-state index in [9.17, 15) is 9.18 Å². The smallest absolute Gasteiger partial charge is 0.275 e. The third-order valence-corrected chi connectivity index (χ3v) is 5.62. The standard InChI is InChI=1S/C19H20FN7O/c1-11-8-26-9-12(5-13(20)18(26)23-11)24-19(28)14-6-22-17(7-21-14)27-10-16-15(27)3-4-25(16)2/h5-9,15-16H,3-4,10H2,1-2H3,(H,24,28). The lowest BCUT2D eigenvalue weighted by Gasteiger charge is -2.46. The number of halogens is 1. The van der Waals surface area contributed by atoms with Gasteiger partial charge in [0.2, 0.25) is 0 Å². The van der Waals surface area contributed by atoms with E-state index >= 15 is 0 Å². The molecule has 3 aromatic rings. The summed E-state index contributed by atoms with van der Waals surface area (Å²) in [7, 11) is 2.15. The first-order valence-corrected chi connectivity index (χ1v) is 9.25. The Hall–Kier alpha value is -3.07. The molecule has 5 rings (SSSR count). The van der Waals surface area contributed by atoms with Crippen molar-refractivity contribution in [2.45, 2.75) is 25.4 Å². The highest BCUT2D eigenvalue weighted by molar-refractivity contribution is 6.02. The molecule has 0 spiro atoms. The molecule has 2 fully saturated rings. The van der Waals surface area contributed by atoms with Crippen molar-refractivity contribution in [1.82, 2.24) is 24.3 Å². The number of hydrogen-bond donors (Lipinski definition) is 1. The molecule has 8 nitrogen and oxygen atoms in total. The van der Waals surface area contributed by atoms with Gasteiger partial charge < -0.3 is 14.6 Å². The highest BCUT2D eigenvalue weighted by Crippen LogP contribution is 2.34. The number of imidazole rings is 1. The van der Waals surface area contributed by atoms with Crippen LogP contribution >= 0.6 is 0 Å². The fourth-order valence-electron chi connectivity index (χ4n) is 4.10. The predicted molar refractivity (Wildman–Crippen MR) is 102 cm³/mol. The molecule has 144 valence electrons. The number of hydrogen-bond acceptors (Lipinski definition) is 6. The summed E-state index contributed by atoms with van der Waals surface area (Å²) in [5.74, 6) is -0.146. The number of likely N-dealkylation sites (tertiary alicyclic amines) is 1. The molecule has 2 atom stereocenters. The number of nitrogens with zero attached hydrogens (tertiary/aromatic N) is 6. The van der Waals surface area contributed by atoms with Gasteiger partial charge in [-0.05, 0) is 20.4 Å². The number of aromatic nitrogens is 4. The van der Waals surface area contributed by atoms with Gasteiger partial charge in [-0.3, -0.25) is 9.69 Å². The molecule has 5 heterocycles. The summed E-state index contributed by atoms with van der Waals surface area (Å²) < 4.78 is 15.7. The van der Waals surface area contributed by atoms with Gasteiger partial charge in [0.15, 0.2) is 11.5 Å². The van der Waals surface area contributed by atoms with Crippen molar-refractivity contribution in [3.05, 3.63) is 48.1 Å². The zero-order valence-corrected chi connectivity index (χ0v) is 15.6. The molecule has 28 heavy (non-hydrogen) atoms. The molecule has 2 aliphatic rings. The highest BCUT2D eigenvalue weighted by Gasteiger charge is 2.45. The molecule has 2 unspecified atom stereocenters. The largest absolute Gasteiger partial charge is 0.349 e. The van der Waals surface area contributed by atoms with E-state index in [1.165, 1.54) is 12.3 Å². The van der Waals surface area contributed by atoms with Crippen LogP contribution in [0.5, 0.6) is 0 Å². The Kier molecular flexibility index (Phi) is 3.80. The Morgan fingerprint density at radius 3 is 2.86 bits per heavy atom. The molecular formula is C19H20FN7O. The normalized spacial score (nSPS) is 21.6. The van der Waals surface area contributed by atoms with Gasteiger partial charge in [0.25, 0.3) is 5.91 Å². The SMILES string of the molecule is Cc1cn2cc(NC(=O)c3cnc(N4CC5C4CCN5C)cn3)cc(F)c2n1. The van der Waals surface area contributed by atoms with Crippen LogP contribution in [-0.2, 0) is 0 Å². The summed E-state index contributed by atoms with van der Waals surface area (Å²) in [5.41, 5.74) is 1.44. The second-order valence-corrected chi connectivity index (χ2v) is 7.46. The molecule has 0 aliphatic carbocycles. The maximum absolute atomic E-state index is 14.2. The molecule has 1 N–H and O–H groups in total. The fourth-order valence-corrected chi connectivity index (χ4v) is 4.10. The van der Waals surface area contributed by atoms with Crippen LogP contribution in [0.2, 0.25) is 0 Å². The molecule has 3 aromatic heterocycles. The fraction of sp³-hybridized carbons (Fsp3) is 0.368. The predicted octanol–water partition coefficient (Wildman–Crippen LogP) is 1.72. The molecule has 2 aliphatic heterocycles. The number of anilines is 2. The summed E-state index contributed by atoms with van der Waals surface area (Å²) in [6.45, 7) is 3.81. The van der Waals surface area contributed by atoms with Gasteiger partial charge in [-0.25, -0.2) is 19.3 Å². The maximum Gasteiger partial charge on any atom is 0.275 e. The summed E-state index contributed by atoms with van der Waals surface area (Å²) in [5, 5.41) is 2.67. The monoisotopic (exact) mass is 381 g/mol. The quantitative estimate of drug-likeness (QED) is 0.744. The average molecular weight is 381 g/mol. The van der Waals surface area contributed by atoms with Gasteiger partial charge in [0.1, 0.15) is 11.5 Å². The van der Waals surface area contributed by atoms with Crippen LogP contribution in [0.3, 0.4) is 0 Å². The molecule has 0 aromatic carbocycles. The van der Waals surface area contributed by atoms with Gasteiger partial charge >= 0.3 is 0 Å². The van der Waals surface area contributed by atoms with Gasteiger partial charge in [0.05, 0.1) is 23.8 Å². The second kappa shape index (κ2) is 6.23. The first-order chi connectivity index (χ1) is 13.5. The summed E-state index contributed by atoms with van der Waals surface area (Å²) >= 11 is 0. The summed E-state index contributed by atoms with van der Waals surface area (Å²) in [6.07, 6.45) is 7.53. The van der Waals surface area contributed by atoms with E-state index in [1.54, 1.807) is 29.9 Å². The first-order valence-electron chi connectivity index (χ1n) is 9.25. The molecule has 0 bridgehead atoms. The number of carbonyl (C=O) groups is 1. The Bertz CT molecular complexity index is 1060. The number of fused-ring (bicyclic) bond motifs is 2. The van der Waals surface area contributed by atoms with E-state index in [4.69, 9.17) is 0 Å². The minimum absolute atomic E-state index is 0.187. The Balaban J connectivity index is 1.31. The minimum Gasteiger partial charge on any atom is -0.349 e. The number of pyridine rings is 1. The van der Waals surface area contributed by atoms with Gasteiger partial charge in [-0.15, -0.1) is 0 Å². The van der Waals surface area contributed by atoms with Crippen LogP contribution in [-0.4, -0.2) is 62.4 Å². The van der Waals surface area contributed by atoms with Gasteiger partial charge in [-0.2, -0.15) is 0 Å². The van der Waals surface area contributed by atoms with Crippen molar-refractivity contribution >= 4 is 23.1 Å². The van der Waals surface area contributed by atoms with Crippen LogP contribution in [0.15, 0.2) is 30.9 Å². The Labute approximate surface area is 161 Å². The van der Waals surface area contributed by atoms with Gasteiger partial charge in [0, 0.05) is 43.6 Å². The zero-order valence-electron chi connectivity index (χ0n) is 15.6.